The van der Waals surface area contributed by atoms with Gasteiger partial charge < -0.3 is 5.73 Å². The van der Waals surface area contributed by atoms with Crippen molar-refractivity contribution in [2.75, 3.05) is 13.1 Å². The lowest BCUT2D eigenvalue weighted by Crippen LogP contribution is -2.54. The van der Waals surface area contributed by atoms with Gasteiger partial charge in [0.15, 0.2) is 0 Å². The van der Waals surface area contributed by atoms with E-state index >= 15 is 0 Å². The number of rotatable bonds is 6. The van der Waals surface area contributed by atoms with Gasteiger partial charge in [0, 0.05) is 24.7 Å². The summed E-state index contributed by atoms with van der Waals surface area (Å²) in [5, 5.41) is 0. The molecule has 0 heterocycles. The Morgan fingerprint density at radius 3 is 2.24 bits per heavy atom. The molecule has 0 unspecified atom stereocenters. The van der Waals surface area contributed by atoms with Crippen LogP contribution in [0.2, 0.25) is 0 Å². The number of halogens is 2. The van der Waals surface area contributed by atoms with Crippen LogP contribution in [0.25, 0.3) is 0 Å². The van der Waals surface area contributed by atoms with Crippen LogP contribution in [0.4, 0.5) is 8.78 Å². The van der Waals surface area contributed by atoms with Crippen LogP contribution in [-0.4, -0.2) is 23.5 Å². The van der Waals surface area contributed by atoms with Crippen LogP contribution in [0, 0.1) is 11.6 Å². The topological polar surface area (TPSA) is 29.3 Å². The van der Waals surface area contributed by atoms with Gasteiger partial charge >= 0.3 is 0 Å². The molecule has 0 aromatic heterocycles. The molecule has 1 fully saturated rings. The highest BCUT2D eigenvalue weighted by Gasteiger charge is 2.36. The fraction of sp³-hybridized carbons (Fsp3) is 0.647. The quantitative estimate of drug-likeness (QED) is 0.864. The molecule has 1 aromatic carbocycles. The Morgan fingerprint density at radius 2 is 1.71 bits per heavy atom. The molecule has 0 amide bonds. The maximum atomic E-state index is 13.4. The van der Waals surface area contributed by atoms with E-state index in [4.69, 9.17) is 5.73 Å². The van der Waals surface area contributed by atoms with Gasteiger partial charge in [-0.1, -0.05) is 26.2 Å². The minimum absolute atomic E-state index is 0.00292. The number of benzene rings is 1. The molecule has 1 aliphatic rings. The minimum Gasteiger partial charge on any atom is -0.329 e. The third kappa shape index (κ3) is 4.01. The van der Waals surface area contributed by atoms with Crippen molar-refractivity contribution >= 4 is 0 Å². The first-order valence-electron chi connectivity index (χ1n) is 8.00. The van der Waals surface area contributed by atoms with Gasteiger partial charge in [-0.2, -0.15) is 0 Å². The first-order chi connectivity index (χ1) is 10.1. The van der Waals surface area contributed by atoms with E-state index in [-0.39, 0.29) is 5.54 Å². The first-order valence-corrected chi connectivity index (χ1v) is 8.00. The van der Waals surface area contributed by atoms with E-state index in [0.717, 1.165) is 31.9 Å². The SMILES string of the molecule is CCCN(Cc1cc(F)cc(F)c1)C1(CN)CCCCC1. The summed E-state index contributed by atoms with van der Waals surface area (Å²) < 4.78 is 26.8. The Labute approximate surface area is 126 Å². The summed E-state index contributed by atoms with van der Waals surface area (Å²) >= 11 is 0. The molecule has 0 aliphatic heterocycles. The molecule has 118 valence electrons. The van der Waals surface area contributed by atoms with Crippen molar-refractivity contribution in [3.63, 3.8) is 0 Å². The second-order valence-electron chi connectivity index (χ2n) is 6.19. The average Bonchev–Trinajstić information content (AvgIpc) is 2.46. The molecule has 1 aliphatic carbocycles. The van der Waals surface area contributed by atoms with Gasteiger partial charge in [0.25, 0.3) is 0 Å². The molecule has 0 spiro atoms. The summed E-state index contributed by atoms with van der Waals surface area (Å²) in [4.78, 5) is 2.35. The van der Waals surface area contributed by atoms with Crippen LogP contribution in [0.15, 0.2) is 18.2 Å². The molecule has 21 heavy (non-hydrogen) atoms. The van der Waals surface area contributed by atoms with Crippen molar-refractivity contribution in [2.45, 2.75) is 57.5 Å². The van der Waals surface area contributed by atoms with Crippen molar-refractivity contribution in [3.05, 3.63) is 35.4 Å². The second kappa shape index (κ2) is 7.32. The second-order valence-corrected chi connectivity index (χ2v) is 6.19. The van der Waals surface area contributed by atoms with Crippen molar-refractivity contribution in [1.29, 1.82) is 0 Å². The molecule has 4 heteroatoms. The van der Waals surface area contributed by atoms with Gasteiger partial charge in [0.2, 0.25) is 0 Å². The number of hydrogen-bond acceptors (Lipinski definition) is 2. The summed E-state index contributed by atoms with van der Waals surface area (Å²) in [6.45, 7) is 4.23. The molecule has 0 saturated heterocycles. The lowest BCUT2D eigenvalue weighted by molar-refractivity contribution is 0.0493. The van der Waals surface area contributed by atoms with Crippen LogP contribution < -0.4 is 5.73 Å². The first kappa shape index (κ1) is 16.4. The van der Waals surface area contributed by atoms with E-state index < -0.39 is 11.6 Å². The summed E-state index contributed by atoms with van der Waals surface area (Å²) in [5.74, 6) is -1.02. The minimum atomic E-state index is -0.508. The maximum Gasteiger partial charge on any atom is 0.126 e. The molecule has 0 bridgehead atoms. The van der Waals surface area contributed by atoms with E-state index in [0.29, 0.717) is 18.7 Å². The Balaban J connectivity index is 2.21. The van der Waals surface area contributed by atoms with Crippen molar-refractivity contribution in [1.82, 2.24) is 4.90 Å². The molecule has 0 radical (unpaired) electrons. The third-order valence-electron chi connectivity index (χ3n) is 4.62. The molecule has 1 aromatic rings. The van der Waals surface area contributed by atoms with Crippen molar-refractivity contribution in [2.24, 2.45) is 5.73 Å². The Morgan fingerprint density at radius 1 is 1.10 bits per heavy atom. The zero-order valence-electron chi connectivity index (χ0n) is 12.9. The van der Waals surface area contributed by atoms with Gasteiger partial charge in [-0.05, 0) is 43.5 Å². The van der Waals surface area contributed by atoms with Crippen LogP contribution in [0.1, 0.15) is 51.0 Å². The van der Waals surface area contributed by atoms with Gasteiger partial charge in [-0.15, -0.1) is 0 Å². The predicted octanol–water partition coefficient (Wildman–Crippen LogP) is 3.84. The lowest BCUT2D eigenvalue weighted by atomic mass is 9.80. The number of hydrogen-bond donors (Lipinski definition) is 1. The normalized spacial score (nSPS) is 18.1. The van der Waals surface area contributed by atoms with Crippen LogP contribution in [-0.2, 0) is 6.54 Å². The van der Waals surface area contributed by atoms with Gasteiger partial charge in [-0.3, -0.25) is 4.90 Å². The average molecular weight is 296 g/mol. The summed E-state index contributed by atoms with van der Waals surface area (Å²) in [6.07, 6.45) is 6.82. The number of nitrogens with two attached hydrogens (primary N) is 1. The van der Waals surface area contributed by atoms with Crippen LogP contribution >= 0.6 is 0 Å². The van der Waals surface area contributed by atoms with Crippen molar-refractivity contribution < 1.29 is 8.78 Å². The Bertz CT molecular complexity index is 436. The smallest absolute Gasteiger partial charge is 0.126 e. The van der Waals surface area contributed by atoms with E-state index in [9.17, 15) is 8.78 Å². The van der Waals surface area contributed by atoms with E-state index in [2.05, 4.69) is 11.8 Å². The molecular weight excluding hydrogens is 270 g/mol. The third-order valence-corrected chi connectivity index (χ3v) is 4.62. The standard InChI is InChI=1S/C17H26F2N2/c1-2-8-21(17(13-20)6-4-3-5-7-17)12-14-9-15(18)11-16(19)10-14/h9-11H,2-8,12-13,20H2,1H3. The molecular formula is C17H26F2N2. The largest absolute Gasteiger partial charge is 0.329 e. The fourth-order valence-electron chi connectivity index (χ4n) is 3.54. The molecule has 2 nitrogen and oxygen atoms in total. The summed E-state index contributed by atoms with van der Waals surface area (Å²) in [6, 6.07) is 3.78. The van der Waals surface area contributed by atoms with Gasteiger partial charge in [0.05, 0.1) is 0 Å². The fourth-order valence-corrected chi connectivity index (χ4v) is 3.54. The Kier molecular flexibility index (Phi) is 5.71. The molecule has 2 rings (SSSR count). The summed E-state index contributed by atoms with van der Waals surface area (Å²) in [7, 11) is 0. The van der Waals surface area contributed by atoms with E-state index in [1.54, 1.807) is 0 Å². The lowest BCUT2D eigenvalue weighted by Gasteiger charge is -2.46. The molecule has 1 saturated carbocycles. The Hall–Kier alpha value is -1.00. The monoisotopic (exact) mass is 296 g/mol. The highest BCUT2D eigenvalue weighted by atomic mass is 19.1. The zero-order chi connectivity index (χ0) is 15.3. The van der Waals surface area contributed by atoms with E-state index in [1.807, 2.05) is 0 Å². The van der Waals surface area contributed by atoms with Gasteiger partial charge in [0.1, 0.15) is 11.6 Å². The number of nitrogens with zero attached hydrogens (tertiary/aromatic N) is 1. The maximum absolute atomic E-state index is 13.4. The zero-order valence-corrected chi connectivity index (χ0v) is 12.9. The molecule has 2 N–H and O–H groups in total. The van der Waals surface area contributed by atoms with Crippen molar-refractivity contribution in [3.8, 4) is 0 Å². The highest BCUT2D eigenvalue weighted by Crippen LogP contribution is 2.34. The summed E-state index contributed by atoms with van der Waals surface area (Å²) in [5.41, 5.74) is 6.78. The van der Waals surface area contributed by atoms with Gasteiger partial charge in [-0.25, -0.2) is 8.78 Å². The highest BCUT2D eigenvalue weighted by molar-refractivity contribution is 5.18. The van der Waals surface area contributed by atoms with E-state index in [1.165, 1.54) is 31.4 Å². The molecule has 0 atom stereocenters. The predicted molar refractivity (Wildman–Crippen MR) is 81.9 cm³/mol. The van der Waals surface area contributed by atoms with Crippen LogP contribution in [0.3, 0.4) is 0 Å². The van der Waals surface area contributed by atoms with Crippen LogP contribution in [0.5, 0.6) is 0 Å².